The van der Waals surface area contributed by atoms with E-state index in [1.54, 1.807) is 7.05 Å². The van der Waals surface area contributed by atoms with Gasteiger partial charge in [-0.3, -0.25) is 19.4 Å². The summed E-state index contributed by atoms with van der Waals surface area (Å²) in [6.07, 6.45) is 10.5. The second-order valence-electron chi connectivity index (χ2n) is 6.74. The van der Waals surface area contributed by atoms with Crippen LogP contribution in [0.4, 0.5) is 0 Å². The van der Waals surface area contributed by atoms with Crippen molar-refractivity contribution in [1.29, 1.82) is 0 Å². The van der Waals surface area contributed by atoms with Crippen LogP contribution in [-0.4, -0.2) is 45.7 Å². The molecule has 3 rings (SSSR count). The van der Waals surface area contributed by atoms with E-state index < -0.39 is 0 Å². The molecule has 1 aliphatic rings. The standard InChI is InChI=1S/C18H25N5O/c1-19-17(24)18(7-3-4-15-5-8-20-9-6-15)13-23(14-18)12-16-10-21-22(2)11-16/h5-6,8-11H,3-4,7,12-14H2,1-2H3,(H,19,24). The third-order valence-electron chi connectivity index (χ3n) is 4.80. The third-order valence-corrected chi connectivity index (χ3v) is 4.80. The number of carbonyl (C=O) groups excluding carboxylic acids is 1. The largest absolute Gasteiger partial charge is 0.359 e. The van der Waals surface area contributed by atoms with E-state index in [2.05, 4.69) is 20.3 Å². The number of aromatic nitrogens is 3. The number of rotatable bonds is 7. The van der Waals surface area contributed by atoms with Crippen molar-refractivity contribution in [3.63, 3.8) is 0 Å². The maximum absolute atomic E-state index is 12.4. The Bertz CT molecular complexity index is 676. The van der Waals surface area contributed by atoms with E-state index >= 15 is 0 Å². The van der Waals surface area contributed by atoms with Gasteiger partial charge in [0.2, 0.25) is 5.91 Å². The number of pyridine rings is 1. The van der Waals surface area contributed by atoms with Gasteiger partial charge in [0.15, 0.2) is 0 Å². The average Bonchev–Trinajstić information content (AvgIpc) is 2.97. The summed E-state index contributed by atoms with van der Waals surface area (Å²) in [6.45, 7) is 2.49. The highest BCUT2D eigenvalue weighted by atomic mass is 16.2. The van der Waals surface area contributed by atoms with E-state index in [0.717, 1.165) is 38.9 Å². The molecule has 0 bridgehead atoms. The fourth-order valence-electron chi connectivity index (χ4n) is 3.59. The Hall–Kier alpha value is -2.21. The quantitative estimate of drug-likeness (QED) is 0.835. The third kappa shape index (κ3) is 3.64. The van der Waals surface area contributed by atoms with Gasteiger partial charge < -0.3 is 5.32 Å². The monoisotopic (exact) mass is 327 g/mol. The van der Waals surface area contributed by atoms with Crippen molar-refractivity contribution in [2.45, 2.75) is 25.8 Å². The van der Waals surface area contributed by atoms with E-state index in [9.17, 15) is 4.79 Å². The van der Waals surface area contributed by atoms with Crippen LogP contribution in [0.2, 0.25) is 0 Å². The van der Waals surface area contributed by atoms with E-state index in [1.807, 2.05) is 48.6 Å². The van der Waals surface area contributed by atoms with Crippen LogP contribution in [0.3, 0.4) is 0 Å². The van der Waals surface area contributed by atoms with Crippen LogP contribution < -0.4 is 5.32 Å². The van der Waals surface area contributed by atoms with Gasteiger partial charge in [-0.15, -0.1) is 0 Å². The van der Waals surface area contributed by atoms with Crippen LogP contribution in [0.5, 0.6) is 0 Å². The maximum atomic E-state index is 12.4. The number of nitrogens with zero attached hydrogens (tertiary/aromatic N) is 4. The molecule has 1 amide bonds. The van der Waals surface area contributed by atoms with Crippen molar-refractivity contribution < 1.29 is 4.79 Å². The topological polar surface area (TPSA) is 63.1 Å². The zero-order valence-corrected chi connectivity index (χ0v) is 14.4. The van der Waals surface area contributed by atoms with Gasteiger partial charge in [-0.05, 0) is 37.0 Å². The molecule has 1 N–H and O–H groups in total. The number of aryl methyl sites for hydroxylation is 2. The summed E-state index contributed by atoms with van der Waals surface area (Å²) in [7, 11) is 3.66. The molecular formula is C18H25N5O. The van der Waals surface area contributed by atoms with Gasteiger partial charge in [0.05, 0.1) is 11.6 Å². The summed E-state index contributed by atoms with van der Waals surface area (Å²) in [5.74, 6) is 0.166. The molecule has 0 radical (unpaired) electrons. The van der Waals surface area contributed by atoms with E-state index in [0.29, 0.717) is 0 Å². The van der Waals surface area contributed by atoms with Crippen LogP contribution in [-0.2, 0) is 24.8 Å². The molecule has 1 fully saturated rings. The van der Waals surface area contributed by atoms with Crippen molar-refractivity contribution in [2.24, 2.45) is 12.5 Å². The van der Waals surface area contributed by atoms with Crippen LogP contribution in [0.25, 0.3) is 0 Å². The summed E-state index contributed by atoms with van der Waals surface area (Å²) in [5.41, 5.74) is 2.23. The molecule has 0 aliphatic carbocycles. The van der Waals surface area contributed by atoms with Gasteiger partial charge in [0.25, 0.3) is 0 Å². The fraction of sp³-hybridized carbons (Fsp3) is 0.500. The fourth-order valence-corrected chi connectivity index (χ4v) is 3.59. The number of amides is 1. The van der Waals surface area contributed by atoms with E-state index in [1.165, 1.54) is 11.1 Å². The Balaban J connectivity index is 1.54. The Morgan fingerprint density at radius 1 is 1.29 bits per heavy atom. The maximum Gasteiger partial charge on any atom is 0.228 e. The number of nitrogens with one attached hydrogen (secondary N) is 1. The first kappa shape index (κ1) is 16.6. The average molecular weight is 327 g/mol. The van der Waals surface area contributed by atoms with E-state index in [-0.39, 0.29) is 11.3 Å². The summed E-state index contributed by atoms with van der Waals surface area (Å²) < 4.78 is 1.82. The molecule has 1 aliphatic heterocycles. The molecule has 0 spiro atoms. The lowest BCUT2D eigenvalue weighted by atomic mass is 9.74. The Morgan fingerprint density at radius 2 is 2.04 bits per heavy atom. The molecular weight excluding hydrogens is 302 g/mol. The molecule has 0 unspecified atom stereocenters. The first-order chi connectivity index (χ1) is 11.6. The summed E-state index contributed by atoms with van der Waals surface area (Å²) >= 11 is 0. The smallest absolute Gasteiger partial charge is 0.228 e. The minimum atomic E-state index is -0.246. The molecule has 0 saturated carbocycles. The molecule has 128 valence electrons. The molecule has 2 aromatic rings. The zero-order valence-electron chi connectivity index (χ0n) is 14.4. The second kappa shape index (κ2) is 7.13. The van der Waals surface area contributed by atoms with Crippen LogP contribution in [0, 0.1) is 5.41 Å². The Labute approximate surface area is 142 Å². The highest BCUT2D eigenvalue weighted by Crippen LogP contribution is 2.36. The van der Waals surface area contributed by atoms with Crippen LogP contribution >= 0.6 is 0 Å². The van der Waals surface area contributed by atoms with Crippen molar-refractivity contribution in [2.75, 3.05) is 20.1 Å². The summed E-state index contributed by atoms with van der Waals surface area (Å²) in [5, 5.41) is 7.06. The number of carbonyl (C=O) groups is 1. The molecule has 3 heterocycles. The highest BCUT2D eigenvalue weighted by molar-refractivity contribution is 5.84. The summed E-state index contributed by atoms with van der Waals surface area (Å²) in [6, 6.07) is 4.09. The predicted octanol–water partition coefficient (Wildman–Crippen LogP) is 1.39. The molecule has 6 heteroatoms. The number of likely N-dealkylation sites (tertiary alicyclic amines) is 1. The van der Waals surface area contributed by atoms with Crippen molar-refractivity contribution in [1.82, 2.24) is 25.0 Å². The lowest BCUT2D eigenvalue weighted by molar-refractivity contribution is -0.143. The summed E-state index contributed by atoms with van der Waals surface area (Å²) in [4.78, 5) is 18.8. The van der Waals surface area contributed by atoms with Gasteiger partial charge in [-0.25, -0.2) is 0 Å². The first-order valence-corrected chi connectivity index (χ1v) is 8.42. The highest BCUT2D eigenvalue weighted by Gasteiger charge is 2.47. The number of hydrogen-bond acceptors (Lipinski definition) is 4. The molecule has 24 heavy (non-hydrogen) atoms. The second-order valence-corrected chi connectivity index (χ2v) is 6.74. The minimum Gasteiger partial charge on any atom is -0.359 e. The van der Waals surface area contributed by atoms with Crippen LogP contribution in [0.15, 0.2) is 36.9 Å². The van der Waals surface area contributed by atoms with Crippen molar-refractivity contribution in [3.8, 4) is 0 Å². The Morgan fingerprint density at radius 3 is 2.67 bits per heavy atom. The van der Waals surface area contributed by atoms with Gasteiger partial charge in [0, 0.05) is 57.9 Å². The van der Waals surface area contributed by atoms with Crippen molar-refractivity contribution in [3.05, 3.63) is 48.0 Å². The molecule has 6 nitrogen and oxygen atoms in total. The predicted molar refractivity (Wildman–Crippen MR) is 92.2 cm³/mol. The normalized spacial score (nSPS) is 16.6. The Kier molecular flexibility index (Phi) is 4.94. The SMILES string of the molecule is CNC(=O)C1(CCCc2ccncc2)CN(Cc2cnn(C)c2)C1. The van der Waals surface area contributed by atoms with Gasteiger partial charge in [-0.2, -0.15) is 5.10 Å². The number of hydrogen-bond donors (Lipinski definition) is 1. The van der Waals surface area contributed by atoms with E-state index in [4.69, 9.17) is 0 Å². The lowest BCUT2D eigenvalue weighted by Crippen LogP contribution is -2.62. The molecule has 0 atom stereocenters. The first-order valence-electron chi connectivity index (χ1n) is 8.42. The van der Waals surface area contributed by atoms with Gasteiger partial charge >= 0.3 is 0 Å². The van der Waals surface area contributed by atoms with Crippen molar-refractivity contribution >= 4 is 5.91 Å². The molecule has 0 aromatic carbocycles. The van der Waals surface area contributed by atoms with Crippen LogP contribution in [0.1, 0.15) is 24.0 Å². The minimum absolute atomic E-state index is 0.166. The van der Waals surface area contributed by atoms with Gasteiger partial charge in [0.1, 0.15) is 0 Å². The lowest BCUT2D eigenvalue weighted by Gasteiger charge is -2.49. The zero-order chi connectivity index (χ0) is 17.0. The molecule has 2 aromatic heterocycles. The molecule has 1 saturated heterocycles. The van der Waals surface area contributed by atoms with Gasteiger partial charge in [-0.1, -0.05) is 0 Å².